The minimum absolute atomic E-state index is 0.293. The molecular formula is C13H12FNO. The van der Waals surface area contributed by atoms with Crippen LogP contribution in [0, 0.1) is 5.82 Å². The molecule has 2 aromatic rings. The van der Waals surface area contributed by atoms with Crippen LogP contribution in [0.3, 0.4) is 0 Å². The van der Waals surface area contributed by atoms with E-state index in [0.29, 0.717) is 17.0 Å². The van der Waals surface area contributed by atoms with Gasteiger partial charge in [0.15, 0.2) is 0 Å². The molecule has 0 aliphatic rings. The number of benzene rings is 2. The summed E-state index contributed by atoms with van der Waals surface area (Å²) in [5, 5.41) is 0. The number of nitrogens with two attached hydrogens (primary N) is 1. The fourth-order valence-electron chi connectivity index (χ4n) is 1.61. The first-order valence-corrected chi connectivity index (χ1v) is 4.90. The van der Waals surface area contributed by atoms with Gasteiger partial charge < -0.3 is 10.5 Å². The second kappa shape index (κ2) is 4.23. The summed E-state index contributed by atoms with van der Waals surface area (Å²) in [4.78, 5) is 0. The molecule has 0 aromatic heterocycles. The zero-order valence-corrected chi connectivity index (χ0v) is 8.91. The first-order chi connectivity index (χ1) is 7.70. The molecule has 0 aliphatic heterocycles. The maximum atomic E-state index is 13.2. The molecule has 2 rings (SSSR count). The van der Waals surface area contributed by atoms with Crippen LogP contribution in [0.25, 0.3) is 11.1 Å². The van der Waals surface area contributed by atoms with Crippen LogP contribution < -0.4 is 10.5 Å². The maximum absolute atomic E-state index is 13.2. The van der Waals surface area contributed by atoms with Crippen molar-refractivity contribution in [1.29, 1.82) is 0 Å². The lowest BCUT2D eigenvalue weighted by atomic mass is 10.0. The third kappa shape index (κ3) is 1.98. The van der Waals surface area contributed by atoms with Crippen molar-refractivity contribution in [2.24, 2.45) is 0 Å². The van der Waals surface area contributed by atoms with Gasteiger partial charge in [-0.25, -0.2) is 4.39 Å². The Bertz CT molecular complexity index is 511. The first kappa shape index (κ1) is 10.5. The Balaban J connectivity index is 2.58. The second-order valence-electron chi connectivity index (χ2n) is 3.47. The Morgan fingerprint density at radius 1 is 1.12 bits per heavy atom. The fourth-order valence-corrected chi connectivity index (χ4v) is 1.61. The van der Waals surface area contributed by atoms with Crippen molar-refractivity contribution in [2.75, 3.05) is 12.8 Å². The number of ether oxygens (including phenoxy) is 1. The van der Waals surface area contributed by atoms with Gasteiger partial charge in [-0.1, -0.05) is 12.1 Å². The summed E-state index contributed by atoms with van der Waals surface area (Å²) >= 11 is 0. The lowest BCUT2D eigenvalue weighted by Gasteiger charge is -2.09. The average Bonchev–Trinajstić information content (AvgIpc) is 2.29. The molecule has 2 N–H and O–H groups in total. The Labute approximate surface area is 93.5 Å². The quantitative estimate of drug-likeness (QED) is 0.784. The summed E-state index contributed by atoms with van der Waals surface area (Å²) in [5.74, 6) is 0.338. The Kier molecular flexibility index (Phi) is 2.77. The van der Waals surface area contributed by atoms with E-state index in [0.717, 1.165) is 5.56 Å². The van der Waals surface area contributed by atoms with Crippen molar-refractivity contribution in [3.8, 4) is 16.9 Å². The van der Waals surface area contributed by atoms with Crippen LogP contribution in [0.4, 0.5) is 10.1 Å². The molecule has 0 saturated carbocycles. The number of anilines is 1. The molecule has 0 unspecified atom stereocenters. The fraction of sp³-hybridized carbons (Fsp3) is 0.0769. The van der Waals surface area contributed by atoms with Gasteiger partial charge in [-0.05, 0) is 35.9 Å². The predicted molar refractivity (Wildman–Crippen MR) is 62.8 cm³/mol. The Morgan fingerprint density at radius 3 is 2.62 bits per heavy atom. The van der Waals surface area contributed by atoms with E-state index in [1.54, 1.807) is 25.3 Å². The van der Waals surface area contributed by atoms with Crippen molar-refractivity contribution in [1.82, 2.24) is 0 Å². The minimum atomic E-state index is -0.293. The van der Waals surface area contributed by atoms with Gasteiger partial charge in [0.1, 0.15) is 11.6 Å². The Morgan fingerprint density at radius 2 is 1.94 bits per heavy atom. The Hall–Kier alpha value is -2.03. The number of rotatable bonds is 2. The van der Waals surface area contributed by atoms with Gasteiger partial charge in [-0.15, -0.1) is 0 Å². The molecule has 0 aliphatic carbocycles. The normalized spacial score (nSPS) is 10.1. The second-order valence-corrected chi connectivity index (χ2v) is 3.47. The number of methoxy groups -OCH3 is 1. The molecule has 3 heteroatoms. The van der Waals surface area contributed by atoms with Gasteiger partial charge in [0.2, 0.25) is 0 Å². The van der Waals surface area contributed by atoms with Gasteiger partial charge in [-0.2, -0.15) is 0 Å². The van der Waals surface area contributed by atoms with Crippen LogP contribution in [-0.4, -0.2) is 7.11 Å². The van der Waals surface area contributed by atoms with Crippen molar-refractivity contribution < 1.29 is 9.13 Å². The van der Waals surface area contributed by atoms with Crippen molar-refractivity contribution in [2.45, 2.75) is 0 Å². The number of halogens is 1. The lowest BCUT2D eigenvalue weighted by Crippen LogP contribution is -1.90. The number of hydrogen-bond acceptors (Lipinski definition) is 2. The van der Waals surface area contributed by atoms with Crippen LogP contribution in [0.15, 0.2) is 42.5 Å². The standard InChI is InChI=1S/C13H12FNO/c1-16-13-6-5-10(14)8-12(13)9-3-2-4-11(15)7-9/h2-8H,15H2,1H3. The molecule has 0 spiro atoms. The topological polar surface area (TPSA) is 35.2 Å². The largest absolute Gasteiger partial charge is 0.496 e. The molecule has 0 heterocycles. The smallest absolute Gasteiger partial charge is 0.126 e. The van der Waals surface area contributed by atoms with Crippen LogP contribution in [-0.2, 0) is 0 Å². The summed E-state index contributed by atoms with van der Waals surface area (Å²) in [6.45, 7) is 0. The number of hydrogen-bond donors (Lipinski definition) is 1. The van der Waals surface area contributed by atoms with E-state index < -0.39 is 0 Å². The van der Waals surface area contributed by atoms with E-state index in [2.05, 4.69) is 0 Å². The highest BCUT2D eigenvalue weighted by molar-refractivity contribution is 5.72. The minimum Gasteiger partial charge on any atom is -0.496 e. The molecule has 0 fully saturated rings. The van der Waals surface area contributed by atoms with E-state index in [1.165, 1.54) is 12.1 Å². The molecule has 0 bridgehead atoms. The van der Waals surface area contributed by atoms with Gasteiger partial charge in [-0.3, -0.25) is 0 Å². The van der Waals surface area contributed by atoms with Crippen LogP contribution in [0.1, 0.15) is 0 Å². The van der Waals surface area contributed by atoms with Crippen molar-refractivity contribution in [3.05, 3.63) is 48.3 Å². The monoisotopic (exact) mass is 217 g/mol. The van der Waals surface area contributed by atoms with Crippen molar-refractivity contribution >= 4 is 5.69 Å². The van der Waals surface area contributed by atoms with Gasteiger partial charge in [0.05, 0.1) is 7.11 Å². The molecule has 0 atom stereocenters. The van der Waals surface area contributed by atoms with Gasteiger partial charge in [0.25, 0.3) is 0 Å². The number of nitrogen functional groups attached to an aromatic ring is 1. The molecule has 2 aromatic carbocycles. The van der Waals surface area contributed by atoms with Gasteiger partial charge >= 0.3 is 0 Å². The van der Waals surface area contributed by atoms with Gasteiger partial charge in [0, 0.05) is 11.3 Å². The highest BCUT2D eigenvalue weighted by Crippen LogP contribution is 2.31. The molecule has 0 saturated heterocycles. The summed E-state index contributed by atoms with van der Waals surface area (Å²) in [6.07, 6.45) is 0. The van der Waals surface area contributed by atoms with Crippen LogP contribution in [0.5, 0.6) is 5.75 Å². The predicted octanol–water partition coefficient (Wildman–Crippen LogP) is 3.08. The third-order valence-electron chi connectivity index (χ3n) is 2.36. The summed E-state index contributed by atoms with van der Waals surface area (Å²) in [5.41, 5.74) is 7.88. The maximum Gasteiger partial charge on any atom is 0.126 e. The molecule has 0 amide bonds. The first-order valence-electron chi connectivity index (χ1n) is 4.90. The van der Waals surface area contributed by atoms with Crippen LogP contribution in [0.2, 0.25) is 0 Å². The highest BCUT2D eigenvalue weighted by Gasteiger charge is 2.07. The van der Waals surface area contributed by atoms with E-state index in [9.17, 15) is 4.39 Å². The van der Waals surface area contributed by atoms with Crippen LogP contribution >= 0.6 is 0 Å². The van der Waals surface area contributed by atoms with E-state index >= 15 is 0 Å². The third-order valence-corrected chi connectivity index (χ3v) is 2.36. The summed E-state index contributed by atoms with van der Waals surface area (Å²) in [7, 11) is 1.56. The highest BCUT2D eigenvalue weighted by atomic mass is 19.1. The molecule has 82 valence electrons. The zero-order valence-electron chi connectivity index (χ0n) is 8.91. The van der Waals surface area contributed by atoms with Crippen molar-refractivity contribution in [3.63, 3.8) is 0 Å². The molecule has 0 radical (unpaired) electrons. The summed E-state index contributed by atoms with van der Waals surface area (Å²) < 4.78 is 18.4. The SMILES string of the molecule is COc1ccc(F)cc1-c1cccc(N)c1. The lowest BCUT2D eigenvalue weighted by molar-refractivity contribution is 0.415. The molecule has 2 nitrogen and oxygen atoms in total. The molecule has 16 heavy (non-hydrogen) atoms. The van der Waals surface area contributed by atoms with E-state index in [-0.39, 0.29) is 5.82 Å². The zero-order chi connectivity index (χ0) is 11.5. The summed E-state index contributed by atoms with van der Waals surface area (Å²) in [6, 6.07) is 11.7. The van der Waals surface area contributed by atoms with E-state index in [1.807, 2.05) is 12.1 Å². The van der Waals surface area contributed by atoms with E-state index in [4.69, 9.17) is 10.5 Å². The average molecular weight is 217 g/mol. The molecular weight excluding hydrogens is 205 g/mol.